The SMILES string of the molecule is CCC1OCCC1CNC(C)c1ccc(C(C)(C)C)cc1. The van der Waals surface area contributed by atoms with Gasteiger partial charge in [-0.1, -0.05) is 52.0 Å². The number of hydrogen-bond acceptors (Lipinski definition) is 2. The molecular weight excluding hydrogens is 258 g/mol. The quantitative estimate of drug-likeness (QED) is 0.864. The van der Waals surface area contributed by atoms with Crippen molar-refractivity contribution in [1.82, 2.24) is 5.32 Å². The van der Waals surface area contributed by atoms with Crippen LogP contribution in [-0.2, 0) is 10.2 Å². The van der Waals surface area contributed by atoms with E-state index in [1.54, 1.807) is 0 Å². The third-order valence-electron chi connectivity index (χ3n) is 4.71. The summed E-state index contributed by atoms with van der Waals surface area (Å²) in [6.45, 7) is 13.2. The van der Waals surface area contributed by atoms with Crippen LogP contribution in [-0.4, -0.2) is 19.3 Å². The van der Waals surface area contributed by atoms with Crippen LogP contribution in [0.1, 0.15) is 64.6 Å². The first-order chi connectivity index (χ1) is 9.91. The second-order valence-electron chi connectivity index (χ2n) is 7.37. The molecule has 0 saturated carbocycles. The Balaban J connectivity index is 1.90. The maximum absolute atomic E-state index is 5.77. The van der Waals surface area contributed by atoms with Crippen molar-refractivity contribution >= 4 is 0 Å². The van der Waals surface area contributed by atoms with Crippen LogP contribution in [0.2, 0.25) is 0 Å². The summed E-state index contributed by atoms with van der Waals surface area (Å²) in [5, 5.41) is 3.68. The highest BCUT2D eigenvalue weighted by Crippen LogP contribution is 2.25. The molecule has 1 saturated heterocycles. The molecule has 1 aliphatic rings. The lowest BCUT2D eigenvalue weighted by atomic mass is 9.86. The van der Waals surface area contributed by atoms with Gasteiger partial charge in [-0.2, -0.15) is 0 Å². The first kappa shape index (κ1) is 16.5. The van der Waals surface area contributed by atoms with Crippen molar-refractivity contribution in [3.8, 4) is 0 Å². The molecular formula is C19H31NO. The van der Waals surface area contributed by atoms with E-state index < -0.39 is 0 Å². The molecule has 21 heavy (non-hydrogen) atoms. The summed E-state index contributed by atoms with van der Waals surface area (Å²) in [5.74, 6) is 0.672. The molecule has 1 fully saturated rings. The van der Waals surface area contributed by atoms with E-state index in [1.165, 1.54) is 17.5 Å². The Kier molecular flexibility index (Phi) is 5.45. The van der Waals surface area contributed by atoms with Crippen molar-refractivity contribution in [3.63, 3.8) is 0 Å². The highest BCUT2D eigenvalue weighted by atomic mass is 16.5. The minimum atomic E-state index is 0.227. The fourth-order valence-corrected chi connectivity index (χ4v) is 3.10. The molecule has 2 nitrogen and oxygen atoms in total. The van der Waals surface area contributed by atoms with E-state index in [1.807, 2.05) is 0 Å². The van der Waals surface area contributed by atoms with Gasteiger partial charge in [-0.05, 0) is 42.2 Å². The second kappa shape index (κ2) is 6.93. The molecule has 1 aromatic rings. The monoisotopic (exact) mass is 289 g/mol. The molecule has 3 atom stereocenters. The van der Waals surface area contributed by atoms with E-state index in [-0.39, 0.29) is 5.41 Å². The van der Waals surface area contributed by atoms with Gasteiger partial charge in [-0.3, -0.25) is 0 Å². The Morgan fingerprint density at radius 3 is 2.48 bits per heavy atom. The number of nitrogens with one attached hydrogen (secondary N) is 1. The summed E-state index contributed by atoms with van der Waals surface area (Å²) in [6.07, 6.45) is 2.77. The van der Waals surface area contributed by atoms with Crippen LogP contribution in [0.5, 0.6) is 0 Å². The van der Waals surface area contributed by atoms with Gasteiger partial charge in [0.25, 0.3) is 0 Å². The van der Waals surface area contributed by atoms with Crippen molar-refractivity contribution in [3.05, 3.63) is 35.4 Å². The lowest BCUT2D eigenvalue weighted by molar-refractivity contribution is 0.0867. The van der Waals surface area contributed by atoms with Gasteiger partial charge in [-0.25, -0.2) is 0 Å². The number of rotatable bonds is 5. The smallest absolute Gasteiger partial charge is 0.0613 e. The molecule has 1 aliphatic heterocycles. The first-order valence-corrected chi connectivity index (χ1v) is 8.37. The zero-order valence-corrected chi connectivity index (χ0v) is 14.3. The largest absolute Gasteiger partial charge is 0.378 e. The molecule has 0 amide bonds. The molecule has 3 unspecified atom stereocenters. The topological polar surface area (TPSA) is 21.3 Å². The van der Waals surface area contributed by atoms with Crippen LogP contribution in [0.15, 0.2) is 24.3 Å². The van der Waals surface area contributed by atoms with Gasteiger partial charge >= 0.3 is 0 Å². The van der Waals surface area contributed by atoms with Gasteiger partial charge in [0.2, 0.25) is 0 Å². The lowest BCUT2D eigenvalue weighted by Crippen LogP contribution is -2.30. The lowest BCUT2D eigenvalue weighted by Gasteiger charge is -2.22. The van der Waals surface area contributed by atoms with E-state index in [9.17, 15) is 0 Å². The summed E-state index contributed by atoms with van der Waals surface area (Å²) in [6, 6.07) is 9.46. The Hall–Kier alpha value is -0.860. The third kappa shape index (κ3) is 4.31. The molecule has 2 heteroatoms. The van der Waals surface area contributed by atoms with Crippen LogP contribution < -0.4 is 5.32 Å². The van der Waals surface area contributed by atoms with E-state index >= 15 is 0 Å². The predicted molar refractivity (Wildman–Crippen MR) is 89.7 cm³/mol. The van der Waals surface area contributed by atoms with Crippen LogP contribution in [0.25, 0.3) is 0 Å². The predicted octanol–water partition coefficient (Wildman–Crippen LogP) is 4.45. The van der Waals surface area contributed by atoms with Crippen molar-refractivity contribution in [1.29, 1.82) is 0 Å². The van der Waals surface area contributed by atoms with Crippen LogP contribution in [0.3, 0.4) is 0 Å². The van der Waals surface area contributed by atoms with Gasteiger partial charge in [0.05, 0.1) is 6.10 Å². The average Bonchev–Trinajstić information content (AvgIpc) is 2.91. The zero-order chi connectivity index (χ0) is 15.5. The second-order valence-corrected chi connectivity index (χ2v) is 7.37. The van der Waals surface area contributed by atoms with Crippen LogP contribution in [0.4, 0.5) is 0 Å². The normalized spacial score (nSPS) is 24.2. The molecule has 1 N–H and O–H groups in total. The molecule has 0 spiro atoms. The summed E-state index contributed by atoms with van der Waals surface area (Å²) in [5.41, 5.74) is 2.99. The minimum absolute atomic E-state index is 0.227. The molecule has 0 bridgehead atoms. The van der Waals surface area contributed by atoms with E-state index in [0.29, 0.717) is 18.1 Å². The van der Waals surface area contributed by atoms with E-state index in [0.717, 1.165) is 19.6 Å². The summed E-state index contributed by atoms with van der Waals surface area (Å²) in [7, 11) is 0. The Labute approximate surface area is 130 Å². The molecule has 1 heterocycles. The zero-order valence-electron chi connectivity index (χ0n) is 14.3. The summed E-state index contributed by atoms with van der Waals surface area (Å²) in [4.78, 5) is 0. The Bertz CT molecular complexity index is 432. The van der Waals surface area contributed by atoms with Crippen molar-refractivity contribution in [2.45, 2.75) is 65.0 Å². The summed E-state index contributed by atoms with van der Waals surface area (Å²) >= 11 is 0. The number of hydrogen-bond donors (Lipinski definition) is 1. The highest BCUT2D eigenvalue weighted by molar-refractivity contribution is 5.29. The first-order valence-electron chi connectivity index (χ1n) is 8.37. The maximum atomic E-state index is 5.77. The van der Waals surface area contributed by atoms with Gasteiger partial charge in [0.15, 0.2) is 0 Å². The molecule has 0 aromatic heterocycles. The highest BCUT2D eigenvalue weighted by Gasteiger charge is 2.26. The number of ether oxygens (including phenoxy) is 1. The standard InChI is InChI=1S/C19H31NO/c1-6-18-16(11-12-21-18)13-20-14(2)15-7-9-17(10-8-15)19(3,4)5/h7-10,14,16,18,20H,6,11-13H2,1-5H3. The molecule has 0 radical (unpaired) electrons. The van der Waals surface area contributed by atoms with Gasteiger partial charge in [-0.15, -0.1) is 0 Å². The number of benzene rings is 1. The molecule has 1 aromatic carbocycles. The van der Waals surface area contributed by atoms with Crippen LogP contribution in [0, 0.1) is 5.92 Å². The van der Waals surface area contributed by atoms with Crippen molar-refractivity contribution < 1.29 is 4.74 Å². The van der Waals surface area contributed by atoms with E-state index in [2.05, 4.69) is 64.2 Å². The van der Waals surface area contributed by atoms with Crippen LogP contribution >= 0.6 is 0 Å². The van der Waals surface area contributed by atoms with E-state index in [4.69, 9.17) is 4.74 Å². The van der Waals surface area contributed by atoms with Crippen molar-refractivity contribution in [2.75, 3.05) is 13.2 Å². The Morgan fingerprint density at radius 2 is 1.90 bits per heavy atom. The van der Waals surface area contributed by atoms with Gasteiger partial charge in [0.1, 0.15) is 0 Å². The molecule has 0 aliphatic carbocycles. The average molecular weight is 289 g/mol. The Morgan fingerprint density at radius 1 is 1.24 bits per heavy atom. The fraction of sp³-hybridized carbons (Fsp3) is 0.684. The van der Waals surface area contributed by atoms with Gasteiger partial charge < -0.3 is 10.1 Å². The summed E-state index contributed by atoms with van der Waals surface area (Å²) < 4.78 is 5.77. The third-order valence-corrected chi connectivity index (χ3v) is 4.71. The fourth-order valence-electron chi connectivity index (χ4n) is 3.10. The minimum Gasteiger partial charge on any atom is -0.378 e. The van der Waals surface area contributed by atoms with Crippen molar-refractivity contribution in [2.24, 2.45) is 5.92 Å². The molecule has 2 rings (SSSR count). The molecule has 118 valence electrons. The maximum Gasteiger partial charge on any atom is 0.0613 e. The van der Waals surface area contributed by atoms with Gasteiger partial charge in [0, 0.05) is 19.2 Å².